The maximum absolute atomic E-state index is 6.06. The number of anilines is 1. The highest BCUT2D eigenvalue weighted by atomic mass is 35.5. The summed E-state index contributed by atoms with van der Waals surface area (Å²) in [6.45, 7) is 5.70. The van der Waals surface area contributed by atoms with E-state index >= 15 is 0 Å². The summed E-state index contributed by atoms with van der Waals surface area (Å²) in [5.74, 6) is 0.461. The van der Waals surface area contributed by atoms with Crippen LogP contribution in [0.15, 0.2) is 30.3 Å². The minimum Gasteiger partial charge on any atom is -0.378 e. The highest BCUT2D eigenvalue weighted by molar-refractivity contribution is 7.16. The fraction of sp³-hybridized carbons (Fsp3) is 0.444. The fourth-order valence-electron chi connectivity index (χ4n) is 3.45. The van der Waals surface area contributed by atoms with Gasteiger partial charge in [-0.05, 0) is 42.3 Å². The van der Waals surface area contributed by atoms with Crippen LogP contribution in [0.25, 0.3) is 0 Å². The van der Waals surface area contributed by atoms with Gasteiger partial charge in [-0.3, -0.25) is 0 Å². The van der Waals surface area contributed by atoms with Crippen molar-refractivity contribution in [3.8, 4) is 0 Å². The number of hydrogen-bond acceptors (Lipinski definition) is 4. The van der Waals surface area contributed by atoms with Gasteiger partial charge in [0.05, 0.1) is 18.2 Å². The normalized spacial score (nSPS) is 21.8. The van der Waals surface area contributed by atoms with Crippen molar-refractivity contribution in [2.75, 3.05) is 37.7 Å². The maximum Gasteiger partial charge on any atom is 0.0916 e. The molecule has 4 rings (SSSR count). The van der Waals surface area contributed by atoms with E-state index in [-0.39, 0.29) is 0 Å². The third-order valence-electron chi connectivity index (χ3n) is 4.69. The van der Waals surface area contributed by atoms with Crippen molar-refractivity contribution in [3.05, 3.63) is 51.4 Å². The molecule has 1 saturated heterocycles. The van der Waals surface area contributed by atoms with Crippen LogP contribution >= 0.6 is 22.9 Å². The first-order chi connectivity index (χ1) is 11.3. The van der Waals surface area contributed by atoms with Crippen LogP contribution in [0.4, 0.5) is 5.00 Å². The second kappa shape index (κ2) is 6.81. The molecule has 0 aliphatic carbocycles. The van der Waals surface area contributed by atoms with Gasteiger partial charge < -0.3 is 15.0 Å². The lowest BCUT2D eigenvalue weighted by molar-refractivity contribution is 0.123. The Hall–Kier alpha value is -1.07. The van der Waals surface area contributed by atoms with Gasteiger partial charge in [0, 0.05) is 35.5 Å². The molecule has 0 spiro atoms. The van der Waals surface area contributed by atoms with E-state index in [9.17, 15) is 0 Å². The Labute approximate surface area is 146 Å². The molecule has 0 saturated carbocycles. The predicted molar refractivity (Wildman–Crippen MR) is 97.0 cm³/mol. The molecule has 0 amide bonds. The van der Waals surface area contributed by atoms with Crippen LogP contribution in [0.1, 0.15) is 28.3 Å². The largest absolute Gasteiger partial charge is 0.378 e. The van der Waals surface area contributed by atoms with Crippen molar-refractivity contribution >= 4 is 27.9 Å². The Balaban J connectivity index is 1.67. The molecular weight excluding hydrogens is 328 g/mol. The Bertz CT molecular complexity index is 664. The molecule has 122 valence electrons. The number of nitrogens with one attached hydrogen (secondary N) is 1. The molecule has 3 nitrogen and oxygen atoms in total. The Kier molecular flexibility index (Phi) is 4.58. The van der Waals surface area contributed by atoms with Crippen LogP contribution in [0.5, 0.6) is 0 Å². The van der Waals surface area contributed by atoms with Crippen LogP contribution in [-0.4, -0.2) is 32.8 Å². The van der Waals surface area contributed by atoms with Crippen molar-refractivity contribution in [1.82, 2.24) is 5.32 Å². The predicted octanol–water partition coefficient (Wildman–Crippen LogP) is 3.86. The SMILES string of the molecule is Clc1ccc(C2CCNCc3sc(N4CCOCC4)cc32)cc1. The first-order valence-electron chi connectivity index (χ1n) is 8.23. The van der Waals surface area contributed by atoms with Crippen LogP contribution in [0.2, 0.25) is 5.02 Å². The number of ether oxygens (including phenoxy) is 1. The summed E-state index contributed by atoms with van der Waals surface area (Å²) in [5, 5.41) is 5.77. The van der Waals surface area contributed by atoms with Gasteiger partial charge in [-0.15, -0.1) is 11.3 Å². The summed E-state index contributed by atoms with van der Waals surface area (Å²) in [7, 11) is 0. The zero-order valence-corrected chi connectivity index (χ0v) is 14.6. The van der Waals surface area contributed by atoms with Gasteiger partial charge in [0.1, 0.15) is 0 Å². The summed E-state index contributed by atoms with van der Waals surface area (Å²) >= 11 is 8.00. The molecule has 3 heterocycles. The standard InChI is InChI=1S/C18H21ClN2OS/c19-14-3-1-13(2-4-14)15-5-6-20-12-17-16(15)11-18(23-17)21-7-9-22-10-8-21/h1-4,11,15,20H,5-10,12H2. The molecule has 1 unspecified atom stereocenters. The number of nitrogens with zero attached hydrogens (tertiary/aromatic N) is 1. The smallest absolute Gasteiger partial charge is 0.0916 e. The average Bonchev–Trinajstić information content (AvgIpc) is 2.91. The number of thiophene rings is 1. The number of fused-ring (bicyclic) bond motifs is 1. The van der Waals surface area contributed by atoms with Gasteiger partial charge in [-0.1, -0.05) is 23.7 Å². The van der Waals surface area contributed by atoms with Crippen LogP contribution in [-0.2, 0) is 11.3 Å². The van der Waals surface area contributed by atoms with Gasteiger partial charge in [-0.25, -0.2) is 0 Å². The number of benzene rings is 1. The highest BCUT2D eigenvalue weighted by Crippen LogP contribution is 2.40. The van der Waals surface area contributed by atoms with Crippen LogP contribution < -0.4 is 10.2 Å². The van der Waals surface area contributed by atoms with Crippen LogP contribution in [0.3, 0.4) is 0 Å². The number of halogens is 1. The molecule has 1 aromatic carbocycles. The summed E-state index contributed by atoms with van der Waals surface area (Å²) < 4.78 is 5.48. The minimum atomic E-state index is 0.461. The molecule has 1 aromatic heterocycles. The van der Waals surface area contributed by atoms with Gasteiger partial charge in [0.2, 0.25) is 0 Å². The number of morpholine rings is 1. The molecule has 2 aliphatic heterocycles. The molecule has 5 heteroatoms. The molecular formula is C18H21ClN2OS. The topological polar surface area (TPSA) is 24.5 Å². The highest BCUT2D eigenvalue weighted by Gasteiger charge is 2.25. The Morgan fingerprint density at radius 3 is 2.74 bits per heavy atom. The van der Waals surface area contributed by atoms with E-state index in [2.05, 4.69) is 28.4 Å². The Morgan fingerprint density at radius 2 is 1.96 bits per heavy atom. The summed E-state index contributed by atoms with van der Waals surface area (Å²) in [5.41, 5.74) is 2.86. The molecule has 0 bridgehead atoms. The van der Waals surface area contributed by atoms with E-state index in [4.69, 9.17) is 16.3 Å². The quantitative estimate of drug-likeness (QED) is 0.891. The van der Waals surface area contributed by atoms with E-state index in [1.54, 1.807) is 0 Å². The Morgan fingerprint density at radius 1 is 1.17 bits per heavy atom. The summed E-state index contributed by atoms with van der Waals surface area (Å²) in [4.78, 5) is 3.94. The fourth-order valence-corrected chi connectivity index (χ4v) is 4.82. The van der Waals surface area contributed by atoms with Crippen molar-refractivity contribution in [2.24, 2.45) is 0 Å². The number of rotatable bonds is 2. The monoisotopic (exact) mass is 348 g/mol. The van der Waals surface area contributed by atoms with E-state index in [0.717, 1.165) is 50.8 Å². The van der Waals surface area contributed by atoms with E-state index in [0.29, 0.717) is 5.92 Å². The molecule has 0 radical (unpaired) electrons. The molecule has 1 atom stereocenters. The summed E-state index contributed by atoms with van der Waals surface area (Å²) in [6.07, 6.45) is 1.13. The van der Waals surface area contributed by atoms with E-state index < -0.39 is 0 Å². The lowest BCUT2D eigenvalue weighted by Crippen LogP contribution is -2.35. The minimum absolute atomic E-state index is 0.461. The van der Waals surface area contributed by atoms with E-state index in [1.165, 1.54) is 21.0 Å². The first-order valence-corrected chi connectivity index (χ1v) is 9.42. The zero-order valence-electron chi connectivity index (χ0n) is 13.1. The third kappa shape index (κ3) is 3.26. The summed E-state index contributed by atoms with van der Waals surface area (Å²) in [6, 6.07) is 10.8. The first kappa shape index (κ1) is 15.5. The lowest BCUT2D eigenvalue weighted by Gasteiger charge is -2.27. The second-order valence-electron chi connectivity index (χ2n) is 6.13. The molecule has 2 aliphatic rings. The van der Waals surface area contributed by atoms with Crippen molar-refractivity contribution in [3.63, 3.8) is 0 Å². The molecule has 1 N–H and O–H groups in total. The third-order valence-corrected chi connectivity index (χ3v) is 6.16. The van der Waals surface area contributed by atoms with Crippen molar-refractivity contribution in [1.29, 1.82) is 0 Å². The molecule has 1 fully saturated rings. The van der Waals surface area contributed by atoms with Gasteiger partial charge in [0.15, 0.2) is 0 Å². The van der Waals surface area contributed by atoms with Gasteiger partial charge in [0.25, 0.3) is 0 Å². The molecule has 2 aromatic rings. The second-order valence-corrected chi connectivity index (χ2v) is 7.68. The lowest BCUT2D eigenvalue weighted by atomic mass is 9.89. The van der Waals surface area contributed by atoms with Crippen LogP contribution in [0, 0.1) is 0 Å². The van der Waals surface area contributed by atoms with Crippen molar-refractivity contribution in [2.45, 2.75) is 18.9 Å². The van der Waals surface area contributed by atoms with E-state index in [1.807, 2.05) is 23.5 Å². The van der Waals surface area contributed by atoms with Gasteiger partial charge >= 0.3 is 0 Å². The average molecular weight is 349 g/mol. The number of hydrogen-bond donors (Lipinski definition) is 1. The maximum atomic E-state index is 6.06. The van der Waals surface area contributed by atoms with Gasteiger partial charge in [-0.2, -0.15) is 0 Å². The molecule has 23 heavy (non-hydrogen) atoms. The zero-order chi connectivity index (χ0) is 15.6. The van der Waals surface area contributed by atoms with Crippen molar-refractivity contribution < 1.29 is 4.74 Å².